The Morgan fingerprint density at radius 3 is 2.71 bits per heavy atom. The Morgan fingerprint density at radius 1 is 1.21 bits per heavy atom. The topological polar surface area (TPSA) is 129 Å². The number of sulfone groups is 1. The van der Waals surface area contributed by atoms with Gasteiger partial charge in [-0.2, -0.15) is 0 Å². The first-order valence-electron chi connectivity index (χ1n) is 11.0. The number of nitrogens with zero attached hydrogens (tertiary/aromatic N) is 2. The average molecular weight is 481 g/mol. The van der Waals surface area contributed by atoms with Crippen molar-refractivity contribution in [2.75, 3.05) is 31.8 Å². The molecule has 1 saturated heterocycles. The van der Waals surface area contributed by atoms with Gasteiger partial charge in [0.15, 0.2) is 9.84 Å². The minimum absolute atomic E-state index is 0.187. The van der Waals surface area contributed by atoms with Crippen LogP contribution in [0, 0.1) is 5.41 Å². The fourth-order valence-electron chi connectivity index (χ4n) is 3.90. The summed E-state index contributed by atoms with van der Waals surface area (Å²) in [5.74, 6) is 0.795. The Morgan fingerprint density at radius 2 is 2.00 bits per heavy atom. The van der Waals surface area contributed by atoms with Gasteiger partial charge in [-0.25, -0.2) is 18.4 Å². The third-order valence-corrected chi connectivity index (χ3v) is 6.84. The second kappa shape index (κ2) is 10.2. The average Bonchev–Trinajstić information content (AvgIpc) is 2.85. The molecular formula is C24H28N6O3S. The van der Waals surface area contributed by atoms with Gasteiger partial charge in [0.2, 0.25) is 5.95 Å². The van der Waals surface area contributed by atoms with Crippen LogP contribution >= 0.6 is 0 Å². The molecule has 0 saturated carbocycles. The van der Waals surface area contributed by atoms with Crippen LogP contribution in [0.25, 0.3) is 22.0 Å². The van der Waals surface area contributed by atoms with Gasteiger partial charge in [0.25, 0.3) is 0 Å². The van der Waals surface area contributed by atoms with E-state index < -0.39 is 9.84 Å². The molecule has 0 unspecified atom stereocenters. The Labute approximate surface area is 199 Å². The van der Waals surface area contributed by atoms with Gasteiger partial charge in [-0.3, -0.25) is 0 Å². The number of anilines is 1. The smallest absolute Gasteiger partial charge is 0.227 e. The van der Waals surface area contributed by atoms with Crippen LogP contribution in [0.5, 0.6) is 5.75 Å². The van der Waals surface area contributed by atoms with Crippen molar-refractivity contribution in [3.8, 4) is 16.9 Å². The standard InChI is InChI=1S/C24H28N6O3S/c1-33-22-12-19(34(2,31)32)6-7-20(22)21-5-3-4-16-14-28-24(30-23(16)21)29-18(13-25)15-27-17-8-10-26-11-9-17/h3-7,12-15,17,25-27H,8-11H2,1-2H3,(H,28,29,30)/b18-15+,25-13?. The lowest BCUT2D eigenvalue weighted by molar-refractivity contribution is 0.415. The highest BCUT2D eigenvalue weighted by molar-refractivity contribution is 7.90. The van der Waals surface area contributed by atoms with E-state index >= 15 is 0 Å². The summed E-state index contributed by atoms with van der Waals surface area (Å²) in [5, 5.41) is 18.4. The zero-order chi connectivity index (χ0) is 24.1. The first-order valence-corrected chi connectivity index (χ1v) is 12.9. The third kappa shape index (κ3) is 5.35. The van der Waals surface area contributed by atoms with Crippen molar-refractivity contribution in [2.45, 2.75) is 23.8 Å². The maximum Gasteiger partial charge on any atom is 0.227 e. The summed E-state index contributed by atoms with van der Waals surface area (Å²) in [6.45, 7) is 1.95. The van der Waals surface area contributed by atoms with E-state index in [1.54, 1.807) is 24.5 Å². The number of hydrogen-bond donors (Lipinski definition) is 4. The van der Waals surface area contributed by atoms with Crippen LogP contribution < -0.4 is 20.7 Å². The molecule has 1 aromatic heterocycles. The number of allylic oxidation sites excluding steroid dienone is 1. The summed E-state index contributed by atoms with van der Waals surface area (Å²) < 4.78 is 29.5. The molecule has 34 heavy (non-hydrogen) atoms. The molecule has 0 radical (unpaired) electrons. The molecule has 4 rings (SSSR count). The van der Waals surface area contributed by atoms with E-state index in [1.165, 1.54) is 25.6 Å². The number of aromatic nitrogens is 2. The number of para-hydroxylation sites is 1. The van der Waals surface area contributed by atoms with E-state index in [4.69, 9.17) is 15.1 Å². The zero-order valence-electron chi connectivity index (χ0n) is 19.1. The van der Waals surface area contributed by atoms with Crippen LogP contribution in [0.3, 0.4) is 0 Å². The highest BCUT2D eigenvalue weighted by Gasteiger charge is 2.16. The molecule has 1 aliphatic heterocycles. The number of rotatable bonds is 8. The molecule has 0 spiro atoms. The molecule has 0 amide bonds. The van der Waals surface area contributed by atoms with Gasteiger partial charge >= 0.3 is 0 Å². The number of hydrogen-bond acceptors (Lipinski definition) is 9. The minimum Gasteiger partial charge on any atom is -0.496 e. The largest absolute Gasteiger partial charge is 0.496 e. The molecule has 10 heteroatoms. The van der Waals surface area contributed by atoms with Crippen LogP contribution in [-0.4, -0.2) is 57.1 Å². The fraction of sp³-hybridized carbons (Fsp3) is 0.292. The van der Waals surface area contributed by atoms with E-state index in [2.05, 4.69) is 20.9 Å². The molecule has 4 N–H and O–H groups in total. The molecule has 1 fully saturated rings. The van der Waals surface area contributed by atoms with E-state index in [9.17, 15) is 8.42 Å². The quantitative estimate of drug-likeness (QED) is 0.362. The molecule has 178 valence electrons. The first kappa shape index (κ1) is 23.7. The summed E-state index contributed by atoms with van der Waals surface area (Å²) in [6.07, 6.45) is 7.94. The van der Waals surface area contributed by atoms with Crippen LogP contribution in [-0.2, 0) is 9.84 Å². The minimum atomic E-state index is -3.37. The van der Waals surface area contributed by atoms with Gasteiger partial charge in [0.1, 0.15) is 5.75 Å². The number of nitrogens with one attached hydrogen (secondary N) is 4. The van der Waals surface area contributed by atoms with Crippen LogP contribution in [0.4, 0.5) is 5.95 Å². The molecule has 0 atom stereocenters. The maximum absolute atomic E-state index is 12.0. The second-order valence-electron chi connectivity index (χ2n) is 8.13. The van der Waals surface area contributed by atoms with E-state index in [0.717, 1.165) is 42.4 Å². The summed E-state index contributed by atoms with van der Waals surface area (Å²) in [7, 11) is -1.86. The molecule has 2 heterocycles. The molecule has 0 aliphatic carbocycles. The molecule has 2 aromatic carbocycles. The Hall–Kier alpha value is -3.50. The summed E-state index contributed by atoms with van der Waals surface area (Å²) in [6, 6.07) is 10.9. The van der Waals surface area contributed by atoms with Crippen molar-refractivity contribution in [3.05, 3.63) is 54.5 Å². The summed E-state index contributed by atoms with van der Waals surface area (Å²) in [4.78, 5) is 9.29. The van der Waals surface area contributed by atoms with E-state index in [1.807, 2.05) is 18.2 Å². The van der Waals surface area contributed by atoms with Crippen LogP contribution in [0.1, 0.15) is 12.8 Å². The van der Waals surface area contributed by atoms with Gasteiger partial charge in [0, 0.05) is 47.4 Å². The lowest BCUT2D eigenvalue weighted by atomic mass is 10.0. The zero-order valence-corrected chi connectivity index (χ0v) is 19.9. The van der Waals surface area contributed by atoms with Crippen molar-refractivity contribution in [1.29, 1.82) is 5.41 Å². The summed E-state index contributed by atoms with van der Waals surface area (Å²) in [5.41, 5.74) is 2.74. The predicted molar refractivity (Wildman–Crippen MR) is 134 cm³/mol. The number of benzene rings is 2. The molecule has 9 nitrogen and oxygen atoms in total. The number of methoxy groups -OCH3 is 1. The lowest BCUT2D eigenvalue weighted by Gasteiger charge is -2.23. The Balaban J connectivity index is 1.67. The van der Waals surface area contributed by atoms with Crippen molar-refractivity contribution in [1.82, 2.24) is 20.6 Å². The fourth-order valence-corrected chi connectivity index (χ4v) is 4.53. The van der Waals surface area contributed by atoms with Crippen molar-refractivity contribution in [2.24, 2.45) is 0 Å². The van der Waals surface area contributed by atoms with Gasteiger partial charge in [-0.1, -0.05) is 18.2 Å². The predicted octanol–water partition coefficient (Wildman–Crippen LogP) is 2.95. The van der Waals surface area contributed by atoms with Crippen molar-refractivity contribution >= 4 is 32.9 Å². The lowest BCUT2D eigenvalue weighted by Crippen LogP contribution is -2.38. The van der Waals surface area contributed by atoms with E-state index in [-0.39, 0.29) is 4.90 Å². The first-order chi connectivity index (χ1) is 16.4. The highest BCUT2D eigenvalue weighted by Crippen LogP contribution is 2.36. The van der Waals surface area contributed by atoms with Crippen molar-refractivity contribution < 1.29 is 13.2 Å². The molecular weight excluding hydrogens is 452 g/mol. The second-order valence-corrected chi connectivity index (χ2v) is 10.1. The number of ether oxygens (including phenoxy) is 1. The van der Waals surface area contributed by atoms with Gasteiger partial charge < -0.3 is 26.1 Å². The van der Waals surface area contributed by atoms with Gasteiger partial charge in [-0.15, -0.1) is 0 Å². The van der Waals surface area contributed by atoms with Gasteiger partial charge in [0.05, 0.1) is 23.2 Å². The van der Waals surface area contributed by atoms with Crippen LogP contribution in [0.2, 0.25) is 0 Å². The molecule has 0 bridgehead atoms. The van der Waals surface area contributed by atoms with Gasteiger partial charge in [-0.05, 0) is 44.1 Å². The van der Waals surface area contributed by atoms with Crippen molar-refractivity contribution in [3.63, 3.8) is 0 Å². The Kier molecular flexibility index (Phi) is 7.09. The molecule has 1 aliphatic rings. The molecule has 3 aromatic rings. The maximum atomic E-state index is 12.0. The number of piperidine rings is 1. The Bertz CT molecular complexity index is 1330. The van der Waals surface area contributed by atoms with Crippen LogP contribution in [0.15, 0.2) is 59.4 Å². The summed E-state index contributed by atoms with van der Waals surface area (Å²) >= 11 is 0. The highest BCUT2D eigenvalue weighted by atomic mass is 32.2. The third-order valence-electron chi connectivity index (χ3n) is 5.73. The van der Waals surface area contributed by atoms with E-state index in [0.29, 0.717) is 29.0 Å². The normalized spacial score (nSPS) is 15.2. The monoisotopic (exact) mass is 480 g/mol. The number of fused-ring (bicyclic) bond motifs is 1. The SMILES string of the molecule is COc1cc(S(C)(=O)=O)ccc1-c1cccc2cnc(N/C(C=N)=C/NC3CCNCC3)nc12.